The van der Waals surface area contributed by atoms with Crippen LogP contribution >= 0.6 is 0 Å². The topological polar surface area (TPSA) is 63.6 Å². The lowest BCUT2D eigenvalue weighted by Crippen LogP contribution is -2.17. The van der Waals surface area contributed by atoms with E-state index in [-0.39, 0.29) is 6.10 Å². The molecule has 0 amide bonds. The zero-order valence-electron chi connectivity index (χ0n) is 11.4. The Kier molecular flexibility index (Phi) is 10.0. The van der Waals surface area contributed by atoms with Gasteiger partial charge in [0.25, 0.3) is 0 Å². The van der Waals surface area contributed by atoms with E-state index in [9.17, 15) is 9.59 Å². The van der Waals surface area contributed by atoms with E-state index >= 15 is 0 Å². The summed E-state index contributed by atoms with van der Waals surface area (Å²) in [7, 11) is 0. The van der Waals surface area contributed by atoms with Crippen molar-refractivity contribution in [1.29, 1.82) is 0 Å². The molecular formula is C14H24O4. The maximum absolute atomic E-state index is 11.4. The molecule has 0 aromatic carbocycles. The van der Waals surface area contributed by atoms with Crippen molar-refractivity contribution in [3.05, 3.63) is 12.2 Å². The average Bonchev–Trinajstić information content (AvgIpc) is 2.33. The first kappa shape index (κ1) is 16.7. The molecule has 1 N–H and O–H groups in total. The summed E-state index contributed by atoms with van der Waals surface area (Å²) in [4.78, 5) is 21.7. The molecular weight excluding hydrogens is 232 g/mol. The molecule has 0 aromatic heterocycles. The van der Waals surface area contributed by atoms with Gasteiger partial charge in [0.1, 0.15) is 6.10 Å². The monoisotopic (exact) mass is 256 g/mol. The molecule has 104 valence electrons. The van der Waals surface area contributed by atoms with Crippen molar-refractivity contribution in [1.82, 2.24) is 0 Å². The van der Waals surface area contributed by atoms with E-state index in [1.54, 1.807) is 0 Å². The standard InChI is InChI=1S/C14H24O4/c1-3-5-7-9-12(8-6-4-2)18-14(17)11-10-13(15)16/h10-12H,3-9H2,1-2H3,(H,15,16). The highest BCUT2D eigenvalue weighted by molar-refractivity contribution is 5.90. The number of ether oxygens (including phenoxy) is 1. The Labute approximate surface area is 109 Å². The van der Waals surface area contributed by atoms with E-state index in [0.717, 1.165) is 57.1 Å². The zero-order valence-corrected chi connectivity index (χ0v) is 11.4. The number of hydrogen-bond acceptors (Lipinski definition) is 3. The lowest BCUT2D eigenvalue weighted by atomic mass is 10.1. The first-order chi connectivity index (χ1) is 8.60. The smallest absolute Gasteiger partial charge is 0.331 e. The fourth-order valence-corrected chi connectivity index (χ4v) is 1.66. The van der Waals surface area contributed by atoms with Crippen LogP contribution in [-0.4, -0.2) is 23.1 Å². The van der Waals surface area contributed by atoms with Crippen LogP contribution in [0.2, 0.25) is 0 Å². The summed E-state index contributed by atoms with van der Waals surface area (Å²) in [6.45, 7) is 4.22. The van der Waals surface area contributed by atoms with Crippen molar-refractivity contribution in [2.24, 2.45) is 0 Å². The van der Waals surface area contributed by atoms with Gasteiger partial charge in [-0.05, 0) is 19.3 Å². The fraction of sp³-hybridized carbons (Fsp3) is 0.714. The number of carboxylic acids is 1. The van der Waals surface area contributed by atoms with Gasteiger partial charge in [-0.1, -0.05) is 39.5 Å². The van der Waals surface area contributed by atoms with E-state index < -0.39 is 11.9 Å². The Hall–Kier alpha value is -1.32. The highest BCUT2D eigenvalue weighted by Gasteiger charge is 2.12. The summed E-state index contributed by atoms with van der Waals surface area (Å²) >= 11 is 0. The molecule has 4 heteroatoms. The van der Waals surface area contributed by atoms with Crippen LogP contribution in [0.5, 0.6) is 0 Å². The van der Waals surface area contributed by atoms with E-state index in [4.69, 9.17) is 9.84 Å². The van der Waals surface area contributed by atoms with Crippen molar-refractivity contribution in [2.45, 2.75) is 64.9 Å². The Balaban J connectivity index is 4.11. The van der Waals surface area contributed by atoms with Gasteiger partial charge in [-0.25, -0.2) is 9.59 Å². The maximum Gasteiger partial charge on any atom is 0.331 e. The van der Waals surface area contributed by atoms with Crippen molar-refractivity contribution >= 4 is 11.9 Å². The lowest BCUT2D eigenvalue weighted by Gasteiger charge is -2.16. The molecule has 0 radical (unpaired) electrons. The Morgan fingerprint density at radius 1 is 1.06 bits per heavy atom. The van der Waals surface area contributed by atoms with E-state index in [1.165, 1.54) is 0 Å². The Morgan fingerprint density at radius 2 is 1.67 bits per heavy atom. The van der Waals surface area contributed by atoms with Crippen LogP contribution in [0.25, 0.3) is 0 Å². The quantitative estimate of drug-likeness (QED) is 0.370. The van der Waals surface area contributed by atoms with E-state index in [2.05, 4.69) is 13.8 Å². The first-order valence-corrected chi connectivity index (χ1v) is 6.71. The molecule has 0 saturated carbocycles. The average molecular weight is 256 g/mol. The van der Waals surface area contributed by atoms with Gasteiger partial charge in [0.15, 0.2) is 0 Å². The highest BCUT2D eigenvalue weighted by Crippen LogP contribution is 2.13. The second kappa shape index (κ2) is 10.8. The van der Waals surface area contributed by atoms with Crippen LogP contribution in [0, 0.1) is 0 Å². The third-order valence-electron chi connectivity index (χ3n) is 2.65. The molecule has 0 aromatic rings. The third kappa shape index (κ3) is 9.87. The van der Waals surface area contributed by atoms with Gasteiger partial charge < -0.3 is 9.84 Å². The number of rotatable bonds is 10. The molecule has 4 nitrogen and oxygen atoms in total. The van der Waals surface area contributed by atoms with Crippen LogP contribution < -0.4 is 0 Å². The highest BCUT2D eigenvalue weighted by atomic mass is 16.5. The predicted molar refractivity (Wildman–Crippen MR) is 70.3 cm³/mol. The number of aliphatic carboxylic acids is 1. The molecule has 18 heavy (non-hydrogen) atoms. The number of carbonyl (C=O) groups excluding carboxylic acids is 1. The van der Waals surface area contributed by atoms with E-state index in [1.807, 2.05) is 0 Å². The summed E-state index contributed by atoms with van der Waals surface area (Å²) < 4.78 is 5.26. The molecule has 0 aliphatic rings. The third-order valence-corrected chi connectivity index (χ3v) is 2.65. The van der Waals surface area contributed by atoms with Crippen LogP contribution in [-0.2, 0) is 14.3 Å². The summed E-state index contributed by atoms with van der Waals surface area (Å²) in [6, 6.07) is 0. The van der Waals surface area contributed by atoms with E-state index in [0.29, 0.717) is 0 Å². The summed E-state index contributed by atoms with van der Waals surface area (Å²) in [5.74, 6) is -1.70. The zero-order chi connectivity index (χ0) is 13.8. The largest absolute Gasteiger partial charge is 0.478 e. The molecule has 0 saturated heterocycles. The van der Waals surface area contributed by atoms with Crippen LogP contribution in [0.3, 0.4) is 0 Å². The van der Waals surface area contributed by atoms with Crippen LogP contribution in [0.15, 0.2) is 12.2 Å². The SMILES string of the molecule is CCCCCC(CCCC)OC(=O)C=CC(=O)O. The Bertz CT molecular complexity index is 271. The van der Waals surface area contributed by atoms with Crippen molar-refractivity contribution in [3.8, 4) is 0 Å². The molecule has 0 aliphatic carbocycles. The fourth-order valence-electron chi connectivity index (χ4n) is 1.66. The summed E-state index contributed by atoms with van der Waals surface area (Å²) in [6.07, 6.45) is 8.81. The minimum atomic E-state index is -1.14. The molecule has 0 heterocycles. The van der Waals surface area contributed by atoms with Crippen LogP contribution in [0.1, 0.15) is 58.8 Å². The van der Waals surface area contributed by atoms with Gasteiger partial charge in [-0.2, -0.15) is 0 Å². The number of esters is 1. The van der Waals surface area contributed by atoms with Gasteiger partial charge in [-0.3, -0.25) is 0 Å². The maximum atomic E-state index is 11.4. The number of carbonyl (C=O) groups is 2. The molecule has 1 unspecified atom stereocenters. The molecule has 0 bridgehead atoms. The normalized spacial score (nSPS) is 12.6. The van der Waals surface area contributed by atoms with Gasteiger partial charge in [0.05, 0.1) is 0 Å². The van der Waals surface area contributed by atoms with Gasteiger partial charge in [0.2, 0.25) is 0 Å². The van der Waals surface area contributed by atoms with Gasteiger partial charge in [-0.15, -0.1) is 0 Å². The van der Waals surface area contributed by atoms with Crippen LogP contribution in [0.4, 0.5) is 0 Å². The number of unbranched alkanes of at least 4 members (excludes halogenated alkanes) is 3. The molecule has 1 atom stereocenters. The minimum absolute atomic E-state index is 0.0811. The van der Waals surface area contributed by atoms with Gasteiger partial charge in [0, 0.05) is 12.2 Å². The van der Waals surface area contributed by atoms with Gasteiger partial charge >= 0.3 is 11.9 Å². The molecule has 0 fully saturated rings. The summed E-state index contributed by atoms with van der Waals surface area (Å²) in [5.41, 5.74) is 0. The summed E-state index contributed by atoms with van der Waals surface area (Å²) in [5, 5.41) is 8.42. The molecule has 0 aliphatic heterocycles. The predicted octanol–water partition coefficient (Wildman–Crippen LogP) is 3.31. The minimum Gasteiger partial charge on any atom is -0.478 e. The molecule has 0 spiro atoms. The number of carboxylic acid groups (broad SMARTS) is 1. The second-order valence-electron chi connectivity index (χ2n) is 4.37. The Morgan fingerprint density at radius 3 is 2.22 bits per heavy atom. The second-order valence-corrected chi connectivity index (χ2v) is 4.37. The first-order valence-electron chi connectivity index (χ1n) is 6.71. The van der Waals surface area contributed by atoms with Crippen molar-refractivity contribution < 1.29 is 19.4 Å². The lowest BCUT2D eigenvalue weighted by molar-refractivity contribution is -0.144. The van der Waals surface area contributed by atoms with Crippen molar-refractivity contribution in [2.75, 3.05) is 0 Å². The van der Waals surface area contributed by atoms with Crippen molar-refractivity contribution in [3.63, 3.8) is 0 Å². The number of hydrogen-bond donors (Lipinski definition) is 1. The molecule has 0 rings (SSSR count).